The SMILES string of the molecule is COC(=O)CN(C(=O)CCc1ccc(C)cc1)C(C)C. The van der Waals surface area contributed by atoms with E-state index < -0.39 is 0 Å². The van der Waals surface area contributed by atoms with Crippen LogP contribution in [0.25, 0.3) is 0 Å². The van der Waals surface area contributed by atoms with Gasteiger partial charge in [-0.1, -0.05) is 29.8 Å². The Bertz CT molecular complexity index is 451. The van der Waals surface area contributed by atoms with Gasteiger partial charge in [-0.15, -0.1) is 0 Å². The molecular formula is C16H23NO3. The number of carbonyl (C=O) groups excluding carboxylic acids is 2. The van der Waals surface area contributed by atoms with Crippen LogP contribution in [0.2, 0.25) is 0 Å². The predicted octanol–water partition coefficient (Wildman–Crippen LogP) is 2.34. The highest BCUT2D eigenvalue weighted by atomic mass is 16.5. The molecule has 0 radical (unpaired) electrons. The summed E-state index contributed by atoms with van der Waals surface area (Å²) >= 11 is 0. The Kier molecular flexibility index (Phi) is 6.22. The maximum absolute atomic E-state index is 12.2. The van der Waals surface area contributed by atoms with Crippen molar-refractivity contribution >= 4 is 11.9 Å². The Labute approximate surface area is 120 Å². The number of aryl methyl sites for hydroxylation is 2. The second-order valence-electron chi connectivity index (χ2n) is 5.18. The minimum Gasteiger partial charge on any atom is -0.468 e. The summed E-state index contributed by atoms with van der Waals surface area (Å²) in [5.41, 5.74) is 2.33. The van der Waals surface area contributed by atoms with Crippen LogP contribution >= 0.6 is 0 Å². The summed E-state index contributed by atoms with van der Waals surface area (Å²) in [6.45, 7) is 5.84. The maximum Gasteiger partial charge on any atom is 0.325 e. The van der Waals surface area contributed by atoms with Crippen molar-refractivity contribution in [3.8, 4) is 0 Å². The third kappa shape index (κ3) is 5.03. The van der Waals surface area contributed by atoms with Crippen molar-refractivity contribution in [2.45, 2.75) is 39.7 Å². The molecule has 0 aliphatic rings. The Morgan fingerprint density at radius 1 is 1.20 bits per heavy atom. The number of carbonyl (C=O) groups is 2. The summed E-state index contributed by atoms with van der Waals surface area (Å²) in [6.07, 6.45) is 1.09. The van der Waals surface area contributed by atoms with Crippen molar-refractivity contribution in [2.75, 3.05) is 13.7 Å². The van der Waals surface area contributed by atoms with Gasteiger partial charge in [0.2, 0.25) is 5.91 Å². The van der Waals surface area contributed by atoms with Crippen LogP contribution in [-0.4, -0.2) is 36.5 Å². The number of esters is 1. The topological polar surface area (TPSA) is 46.6 Å². The first-order valence-electron chi connectivity index (χ1n) is 6.86. The molecule has 4 heteroatoms. The molecule has 0 aromatic heterocycles. The number of hydrogen-bond acceptors (Lipinski definition) is 3. The van der Waals surface area contributed by atoms with Gasteiger partial charge in [0.15, 0.2) is 0 Å². The largest absolute Gasteiger partial charge is 0.468 e. The fourth-order valence-corrected chi connectivity index (χ4v) is 1.91. The Balaban J connectivity index is 2.57. The van der Waals surface area contributed by atoms with Gasteiger partial charge in [0.05, 0.1) is 7.11 Å². The van der Waals surface area contributed by atoms with Crippen molar-refractivity contribution < 1.29 is 14.3 Å². The monoisotopic (exact) mass is 277 g/mol. The van der Waals surface area contributed by atoms with Gasteiger partial charge in [-0.05, 0) is 32.8 Å². The highest BCUT2D eigenvalue weighted by molar-refractivity contribution is 5.82. The van der Waals surface area contributed by atoms with Gasteiger partial charge in [0, 0.05) is 12.5 Å². The van der Waals surface area contributed by atoms with Crippen LogP contribution in [0.15, 0.2) is 24.3 Å². The zero-order chi connectivity index (χ0) is 15.1. The highest BCUT2D eigenvalue weighted by Gasteiger charge is 2.20. The number of hydrogen-bond donors (Lipinski definition) is 0. The molecule has 0 saturated carbocycles. The van der Waals surface area contributed by atoms with E-state index in [4.69, 9.17) is 0 Å². The first-order chi connectivity index (χ1) is 9.43. The molecule has 0 aliphatic heterocycles. The number of methoxy groups -OCH3 is 1. The van der Waals surface area contributed by atoms with Crippen molar-refractivity contribution in [2.24, 2.45) is 0 Å². The molecule has 1 aromatic rings. The summed E-state index contributed by atoms with van der Waals surface area (Å²) in [7, 11) is 1.33. The molecule has 1 amide bonds. The Morgan fingerprint density at radius 3 is 2.30 bits per heavy atom. The van der Waals surface area contributed by atoms with E-state index in [-0.39, 0.29) is 24.5 Å². The minimum atomic E-state index is -0.387. The van der Waals surface area contributed by atoms with Crippen LogP contribution in [-0.2, 0) is 20.7 Å². The van der Waals surface area contributed by atoms with Gasteiger partial charge in [-0.2, -0.15) is 0 Å². The number of rotatable bonds is 6. The third-order valence-corrected chi connectivity index (χ3v) is 3.22. The molecule has 110 valence electrons. The van der Waals surface area contributed by atoms with Crippen LogP contribution in [0, 0.1) is 6.92 Å². The zero-order valence-corrected chi connectivity index (χ0v) is 12.7. The van der Waals surface area contributed by atoms with E-state index in [1.54, 1.807) is 4.90 Å². The van der Waals surface area contributed by atoms with Gasteiger partial charge in [0.1, 0.15) is 6.54 Å². The average molecular weight is 277 g/mol. The minimum absolute atomic E-state index is 0.0142. The molecule has 1 aromatic carbocycles. The van der Waals surface area contributed by atoms with Crippen LogP contribution in [0.1, 0.15) is 31.4 Å². The second kappa shape index (κ2) is 7.68. The third-order valence-electron chi connectivity index (χ3n) is 3.22. The summed E-state index contributed by atoms with van der Waals surface area (Å²) in [6, 6.07) is 8.12. The van der Waals surface area contributed by atoms with E-state index in [1.165, 1.54) is 12.7 Å². The lowest BCUT2D eigenvalue weighted by Gasteiger charge is -2.25. The number of ether oxygens (including phenoxy) is 1. The van der Waals surface area contributed by atoms with Gasteiger partial charge in [-0.3, -0.25) is 9.59 Å². The lowest BCUT2D eigenvalue weighted by molar-refractivity contribution is -0.148. The first-order valence-corrected chi connectivity index (χ1v) is 6.86. The van der Waals surface area contributed by atoms with E-state index in [0.717, 1.165) is 5.56 Å². The van der Waals surface area contributed by atoms with Gasteiger partial charge in [0.25, 0.3) is 0 Å². The lowest BCUT2D eigenvalue weighted by atomic mass is 10.1. The van der Waals surface area contributed by atoms with Gasteiger partial charge >= 0.3 is 5.97 Å². The van der Waals surface area contributed by atoms with Crippen molar-refractivity contribution in [3.63, 3.8) is 0 Å². The molecule has 0 fully saturated rings. The van der Waals surface area contributed by atoms with E-state index in [0.29, 0.717) is 12.8 Å². The summed E-state index contributed by atoms with van der Waals surface area (Å²) in [5.74, 6) is -0.409. The van der Waals surface area contributed by atoms with Crippen molar-refractivity contribution in [1.82, 2.24) is 4.90 Å². The number of benzene rings is 1. The fraction of sp³-hybridized carbons (Fsp3) is 0.500. The standard InChI is InChI=1S/C16H23NO3/c1-12(2)17(11-16(19)20-4)15(18)10-9-14-7-5-13(3)6-8-14/h5-8,12H,9-11H2,1-4H3. The molecule has 0 bridgehead atoms. The lowest BCUT2D eigenvalue weighted by Crippen LogP contribution is -2.41. The molecular weight excluding hydrogens is 254 g/mol. The van der Waals surface area contributed by atoms with E-state index >= 15 is 0 Å². The fourth-order valence-electron chi connectivity index (χ4n) is 1.91. The van der Waals surface area contributed by atoms with Gasteiger partial charge < -0.3 is 9.64 Å². The summed E-state index contributed by atoms with van der Waals surface area (Å²) < 4.78 is 4.62. The van der Waals surface area contributed by atoms with E-state index in [2.05, 4.69) is 4.74 Å². The van der Waals surface area contributed by atoms with Crippen molar-refractivity contribution in [3.05, 3.63) is 35.4 Å². The molecule has 1 rings (SSSR count). The molecule has 20 heavy (non-hydrogen) atoms. The van der Waals surface area contributed by atoms with E-state index in [9.17, 15) is 9.59 Å². The van der Waals surface area contributed by atoms with E-state index in [1.807, 2.05) is 45.0 Å². The summed E-state index contributed by atoms with van der Waals surface area (Å²) in [5, 5.41) is 0. The Morgan fingerprint density at radius 2 is 1.80 bits per heavy atom. The molecule has 0 saturated heterocycles. The van der Waals surface area contributed by atoms with Crippen LogP contribution in [0.3, 0.4) is 0 Å². The Hall–Kier alpha value is -1.84. The van der Waals surface area contributed by atoms with Crippen molar-refractivity contribution in [1.29, 1.82) is 0 Å². The molecule has 0 N–H and O–H groups in total. The highest BCUT2D eigenvalue weighted by Crippen LogP contribution is 2.09. The quantitative estimate of drug-likeness (QED) is 0.750. The van der Waals surface area contributed by atoms with Crippen LogP contribution in [0.5, 0.6) is 0 Å². The molecule has 4 nitrogen and oxygen atoms in total. The average Bonchev–Trinajstić information content (AvgIpc) is 2.43. The van der Waals surface area contributed by atoms with Crippen LogP contribution in [0.4, 0.5) is 0 Å². The molecule has 0 heterocycles. The molecule has 0 spiro atoms. The molecule has 0 atom stereocenters. The summed E-state index contributed by atoms with van der Waals surface area (Å²) in [4.78, 5) is 25.1. The molecule has 0 aliphatic carbocycles. The van der Waals surface area contributed by atoms with Crippen LogP contribution < -0.4 is 0 Å². The predicted molar refractivity (Wildman–Crippen MR) is 78.4 cm³/mol. The maximum atomic E-state index is 12.2. The second-order valence-corrected chi connectivity index (χ2v) is 5.18. The number of amides is 1. The van der Waals surface area contributed by atoms with Gasteiger partial charge in [-0.25, -0.2) is 0 Å². The smallest absolute Gasteiger partial charge is 0.325 e. The first kappa shape index (κ1) is 16.2. The zero-order valence-electron chi connectivity index (χ0n) is 12.7. The normalized spacial score (nSPS) is 10.4. The molecule has 0 unspecified atom stereocenters. The number of nitrogens with zero attached hydrogens (tertiary/aromatic N) is 1.